The van der Waals surface area contributed by atoms with E-state index >= 15 is 0 Å². The maximum Gasteiger partial charge on any atom is 0.233 e. The number of hydrogen-bond donors (Lipinski definition) is 1. The normalized spacial score (nSPS) is 19.4. The molecule has 0 spiro atoms. The van der Waals surface area contributed by atoms with E-state index in [9.17, 15) is 4.79 Å². The van der Waals surface area contributed by atoms with Gasteiger partial charge >= 0.3 is 0 Å². The van der Waals surface area contributed by atoms with E-state index in [2.05, 4.69) is 24.3 Å². The molecule has 1 heterocycles. The summed E-state index contributed by atoms with van der Waals surface area (Å²) < 4.78 is 0. The Hall–Kier alpha value is -1.20. The van der Waals surface area contributed by atoms with E-state index in [-0.39, 0.29) is 17.9 Å². The number of aliphatic hydroxyl groups is 1. The zero-order valence-corrected chi connectivity index (χ0v) is 11.5. The van der Waals surface area contributed by atoms with Crippen LogP contribution in [-0.4, -0.2) is 48.9 Å². The molecule has 1 aliphatic heterocycles. The third kappa shape index (κ3) is 2.62. The van der Waals surface area contributed by atoms with Crippen LogP contribution in [0, 0.1) is 0 Å². The Balaban J connectivity index is 2.17. The predicted molar refractivity (Wildman–Crippen MR) is 74.8 cm³/mol. The summed E-state index contributed by atoms with van der Waals surface area (Å²) in [6.07, 6.45) is 0. The monoisotopic (exact) mass is 266 g/mol. The number of thioether (sulfide) groups is 1. The average molecular weight is 266 g/mol. The second-order valence-electron chi connectivity index (χ2n) is 4.46. The first kappa shape index (κ1) is 13.2. The van der Waals surface area contributed by atoms with Gasteiger partial charge in [0, 0.05) is 26.3 Å². The number of hydrogen-bond acceptors (Lipinski definition) is 4. The zero-order chi connectivity index (χ0) is 13.1. The van der Waals surface area contributed by atoms with Gasteiger partial charge in [-0.15, -0.1) is 11.8 Å². The highest BCUT2D eigenvalue weighted by molar-refractivity contribution is 8.00. The van der Waals surface area contributed by atoms with Crippen LogP contribution in [0.1, 0.15) is 10.9 Å². The van der Waals surface area contributed by atoms with Crippen LogP contribution in [0.4, 0.5) is 5.69 Å². The molecule has 98 valence electrons. The molecule has 2 rings (SSSR count). The average Bonchev–Trinajstić information content (AvgIpc) is 2.72. The smallest absolute Gasteiger partial charge is 0.233 e. The molecule has 1 unspecified atom stereocenters. The first-order valence-electron chi connectivity index (χ1n) is 5.92. The van der Waals surface area contributed by atoms with Crippen molar-refractivity contribution in [3.63, 3.8) is 0 Å². The molecule has 4 nitrogen and oxygen atoms in total. The number of nitrogens with zero attached hydrogens (tertiary/aromatic N) is 2. The SMILES string of the molecule is CN(C)c1ccc(C2SCC(=O)N2CCO)cc1. The number of rotatable bonds is 4. The molecule has 1 N–H and O–H groups in total. The predicted octanol–water partition coefficient (Wildman–Crippen LogP) is 1.32. The number of β-amino-alcohol motifs (C(OH)–C–C–N with tert-alkyl or cyclic N) is 1. The van der Waals surface area contributed by atoms with Gasteiger partial charge in [0.2, 0.25) is 5.91 Å². The van der Waals surface area contributed by atoms with E-state index in [1.165, 1.54) is 0 Å². The molecule has 0 bridgehead atoms. The lowest BCUT2D eigenvalue weighted by Crippen LogP contribution is -2.30. The first-order valence-corrected chi connectivity index (χ1v) is 6.97. The Morgan fingerprint density at radius 3 is 2.61 bits per heavy atom. The molecule has 1 aromatic carbocycles. The van der Waals surface area contributed by atoms with Crippen molar-refractivity contribution in [1.29, 1.82) is 0 Å². The molecular weight excluding hydrogens is 248 g/mol. The van der Waals surface area contributed by atoms with E-state index in [0.29, 0.717) is 12.3 Å². The van der Waals surface area contributed by atoms with Crippen molar-refractivity contribution in [3.05, 3.63) is 29.8 Å². The van der Waals surface area contributed by atoms with Crippen LogP contribution < -0.4 is 4.90 Å². The third-order valence-corrected chi connectivity index (χ3v) is 4.26. The molecule has 18 heavy (non-hydrogen) atoms. The summed E-state index contributed by atoms with van der Waals surface area (Å²) in [7, 11) is 4.00. The quantitative estimate of drug-likeness (QED) is 0.892. The molecular formula is C13H18N2O2S. The topological polar surface area (TPSA) is 43.8 Å². The largest absolute Gasteiger partial charge is 0.395 e. The second kappa shape index (κ2) is 5.63. The summed E-state index contributed by atoms with van der Waals surface area (Å²) in [6.45, 7) is 0.421. The number of aliphatic hydroxyl groups excluding tert-OH is 1. The van der Waals surface area contributed by atoms with Crippen molar-refractivity contribution >= 4 is 23.4 Å². The molecule has 1 aromatic rings. The summed E-state index contributed by atoms with van der Waals surface area (Å²) in [5.74, 6) is 0.607. The van der Waals surface area contributed by atoms with Gasteiger partial charge < -0.3 is 14.9 Å². The van der Waals surface area contributed by atoms with Gasteiger partial charge in [0.25, 0.3) is 0 Å². The minimum atomic E-state index is 0.0125. The Morgan fingerprint density at radius 2 is 2.06 bits per heavy atom. The van der Waals surface area contributed by atoms with Gasteiger partial charge in [-0.2, -0.15) is 0 Å². The number of benzene rings is 1. The van der Waals surface area contributed by atoms with Crippen molar-refractivity contribution in [2.45, 2.75) is 5.37 Å². The maximum atomic E-state index is 11.7. The Labute approximate surface area is 112 Å². The van der Waals surface area contributed by atoms with Crippen LogP contribution in [0.2, 0.25) is 0 Å². The van der Waals surface area contributed by atoms with Crippen molar-refractivity contribution in [2.24, 2.45) is 0 Å². The number of carbonyl (C=O) groups is 1. The molecule has 1 saturated heterocycles. The Bertz CT molecular complexity index is 420. The highest BCUT2D eigenvalue weighted by Crippen LogP contribution is 2.38. The van der Waals surface area contributed by atoms with Crippen LogP contribution in [0.15, 0.2) is 24.3 Å². The number of carbonyl (C=O) groups excluding carboxylic acids is 1. The van der Waals surface area contributed by atoms with Crippen molar-refractivity contribution in [2.75, 3.05) is 37.9 Å². The molecule has 0 aliphatic carbocycles. The van der Waals surface area contributed by atoms with Gasteiger partial charge in [-0.1, -0.05) is 12.1 Å². The lowest BCUT2D eigenvalue weighted by Gasteiger charge is -2.23. The highest BCUT2D eigenvalue weighted by atomic mass is 32.2. The summed E-state index contributed by atoms with van der Waals surface area (Å²) in [5, 5.41) is 9.06. The van der Waals surface area contributed by atoms with E-state index < -0.39 is 0 Å². The summed E-state index contributed by atoms with van der Waals surface area (Å²) in [4.78, 5) is 15.5. The van der Waals surface area contributed by atoms with Gasteiger partial charge in [0.15, 0.2) is 0 Å². The van der Waals surface area contributed by atoms with E-state index in [0.717, 1.165) is 11.3 Å². The van der Waals surface area contributed by atoms with Crippen LogP contribution in [0.3, 0.4) is 0 Å². The zero-order valence-electron chi connectivity index (χ0n) is 10.7. The van der Waals surface area contributed by atoms with Crippen molar-refractivity contribution in [1.82, 2.24) is 4.90 Å². The van der Waals surface area contributed by atoms with Crippen LogP contribution in [-0.2, 0) is 4.79 Å². The van der Waals surface area contributed by atoms with Crippen LogP contribution in [0.25, 0.3) is 0 Å². The Morgan fingerprint density at radius 1 is 1.39 bits per heavy atom. The molecule has 0 saturated carbocycles. The van der Waals surface area contributed by atoms with Gasteiger partial charge in [-0.05, 0) is 17.7 Å². The molecule has 1 amide bonds. The van der Waals surface area contributed by atoms with Crippen LogP contribution in [0.5, 0.6) is 0 Å². The van der Waals surface area contributed by atoms with Crippen molar-refractivity contribution < 1.29 is 9.90 Å². The van der Waals surface area contributed by atoms with E-state index in [1.54, 1.807) is 16.7 Å². The fraction of sp³-hybridized carbons (Fsp3) is 0.462. The summed E-state index contributed by atoms with van der Waals surface area (Å²) in [6, 6.07) is 8.21. The molecule has 0 radical (unpaired) electrons. The number of amides is 1. The fourth-order valence-corrected chi connectivity index (χ4v) is 3.24. The minimum Gasteiger partial charge on any atom is -0.395 e. The molecule has 1 atom stereocenters. The molecule has 1 fully saturated rings. The van der Waals surface area contributed by atoms with Gasteiger partial charge in [0.1, 0.15) is 5.37 Å². The lowest BCUT2D eigenvalue weighted by atomic mass is 10.2. The first-order chi connectivity index (χ1) is 8.63. The molecule has 1 aliphatic rings. The summed E-state index contributed by atoms with van der Waals surface area (Å²) >= 11 is 1.62. The van der Waals surface area contributed by atoms with Gasteiger partial charge in [-0.3, -0.25) is 4.79 Å². The second-order valence-corrected chi connectivity index (χ2v) is 5.53. The van der Waals surface area contributed by atoms with Crippen molar-refractivity contribution in [3.8, 4) is 0 Å². The minimum absolute atomic E-state index is 0.0125. The maximum absolute atomic E-state index is 11.7. The standard InChI is InChI=1S/C13H18N2O2S/c1-14(2)11-5-3-10(4-6-11)13-15(7-8-16)12(17)9-18-13/h3-6,13,16H,7-9H2,1-2H3. The van der Waals surface area contributed by atoms with Crippen LogP contribution >= 0.6 is 11.8 Å². The lowest BCUT2D eigenvalue weighted by molar-refractivity contribution is -0.128. The summed E-state index contributed by atoms with van der Waals surface area (Å²) in [5.41, 5.74) is 2.26. The Kier molecular flexibility index (Phi) is 4.14. The molecule has 5 heteroatoms. The van der Waals surface area contributed by atoms with Gasteiger partial charge in [0.05, 0.1) is 12.4 Å². The molecule has 0 aromatic heterocycles. The third-order valence-electron chi connectivity index (χ3n) is 3.00. The van der Waals surface area contributed by atoms with E-state index in [1.807, 2.05) is 19.0 Å². The van der Waals surface area contributed by atoms with E-state index in [4.69, 9.17) is 5.11 Å². The van der Waals surface area contributed by atoms with Gasteiger partial charge in [-0.25, -0.2) is 0 Å². The number of anilines is 1. The fourth-order valence-electron chi connectivity index (χ4n) is 2.02. The highest BCUT2D eigenvalue weighted by Gasteiger charge is 2.32.